The maximum atomic E-state index is 3.69. The lowest BCUT2D eigenvalue weighted by Crippen LogP contribution is -2.37. The highest BCUT2D eigenvalue weighted by atomic mass is 79.9. The Labute approximate surface area is 112 Å². The first-order valence-electron chi connectivity index (χ1n) is 6.58. The summed E-state index contributed by atoms with van der Waals surface area (Å²) in [5.41, 5.74) is 2.79. The van der Waals surface area contributed by atoms with E-state index < -0.39 is 0 Å². The Balaban J connectivity index is 1.65. The van der Waals surface area contributed by atoms with Gasteiger partial charge >= 0.3 is 0 Å². The summed E-state index contributed by atoms with van der Waals surface area (Å²) in [6.07, 6.45) is 5.24. The molecule has 0 saturated carbocycles. The summed E-state index contributed by atoms with van der Waals surface area (Å²) in [6.45, 7) is 3.81. The third kappa shape index (κ3) is 2.66. The predicted octanol–water partition coefficient (Wildman–Crippen LogP) is 3.27. The number of aryl methyl sites for hydroxylation is 1. The number of halogens is 1. The quantitative estimate of drug-likeness (QED) is 0.901. The van der Waals surface area contributed by atoms with Gasteiger partial charge in [-0.1, -0.05) is 15.9 Å². The third-order valence-electron chi connectivity index (χ3n) is 3.87. The van der Waals surface area contributed by atoms with E-state index in [0.29, 0.717) is 6.04 Å². The van der Waals surface area contributed by atoms with Crippen molar-refractivity contribution in [2.75, 3.05) is 25.0 Å². The summed E-state index contributed by atoms with van der Waals surface area (Å²) in [5.74, 6) is 0. The second kappa shape index (κ2) is 4.99. The number of nitrogens with one attached hydrogen (secondary N) is 1. The Morgan fingerprint density at radius 3 is 2.94 bits per heavy atom. The van der Waals surface area contributed by atoms with Crippen molar-refractivity contribution >= 4 is 21.6 Å². The summed E-state index contributed by atoms with van der Waals surface area (Å²) in [7, 11) is 0. The number of rotatable bonds is 2. The minimum absolute atomic E-state index is 0.641. The van der Waals surface area contributed by atoms with Gasteiger partial charge in [-0.15, -0.1) is 0 Å². The summed E-state index contributed by atoms with van der Waals surface area (Å²) in [4.78, 5) is 2.60. The van der Waals surface area contributed by atoms with E-state index in [4.69, 9.17) is 0 Å². The van der Waals surface area contributed by atoms with Crippen LogP contribution in [0.4, 0.5) is 5.69 Å². The predicted molar refractivity (Wildman–Crippen MR) is 75.5 cm³/mol. The van der Waals surface area contributed by atoms with Crippen molar-refractivity contribution in [3.63, 3.8) is 0 Å². The molecule has 2 nitrogen and oxygen atoms in total. The van der Waals surface area contributed by atoms with Gasteiger partial charge in [-0.3, -0.25) is 0 Å². The van der Waals surface area contributed by atoms with Crippen LogP contribution in [0.1, 0.15) is 24.8 Å². The van der Waals surface area contributed by atoms with Crippen molar-refractivity contribution in [2.45, 2.75) is 31.7 Å². The third-order valence-corrected chi connectivity index (χ3v) is 4.36. The normalized spacial score (nSPS) is 24.4. The number of anilines is 1. The number of benzene rings is 1. The second-order valence-corrected chi connectivity index (χ2v) is 6.10. The second-order valence-electron chi connectivity index (χ2n) is 5.19. The molecular formula is C14H19BrN2. The molecule has 1 atom stereocenters. The zero-order valence-corrected chi connectivity index (χ0v) is 11.7. The van der Waals surface area contributed by atoms with Gasteiger partial charge < -0.3 is 10.2 Å². The van der Waals surface area contributed by atoms with Crippen LogP contribution in [0.5, 0.6) is 0 Å². The molecular weight excluding hydrogens is 276 g/mol. The molecule has 17 heavy (non-hydrogen) atoms. The molecule has 0 aliphatic carbocycles. The van der Waals surface area contributed by atoms with Crippen LogP contribution in [0.3, 0.4) is 0 Å². The van der Waals surface area contributed by atoms with Gasteiger partial charge in [0.05, 0.1) is 0 Å². The van der Waals surface area contributed by atoms with Crippen LogP contribution in [-0.2, 0) is 6.42 Å². The van der Waals surface area contributed by atoms with Crippen molar-refractivity contribution in [1.29, 1.82) is 0 Å². The molecule has 1 fully saturated rings. The fraction of sp³-hybridized carbons (Fsp3) is 0.571. The summed E-state index contributed by atoms with van der Waals surface area (Å²) < 4.78 is 1.19. The van der Waals surface area contributed by atoms with Gasteiger partial charge in [0, 0.05) is 22.7 Å². The Kier molecular flexibility index (Phi) is 3.39. The van der Waals surface area contributed by atoms with Crippen molar-refractivity contribution < 1.29 is 0 Å². The monoisotopic (exact) mass is 294 g/mol. The van der Waals surface area contributed by atoms with E-state index in [9.17, 15) is 0 Å². The summed E-state index contributed by atoms with van der Waals surface area (Å²) in [6, 6.07) is 7.22. The molecule has 3 rings (SSSR count). The lowest BCUT2D eigenvalue weighted by atomic mass is 9.98. The minimum Gasteiger partial charge on any atom is -0.381 e. The lowest BCUT2D eigenvalue weighted by Gasteiger charge is -2.30. The van der Waals surface area contributed by atoms with Crippen LogP contribution >= 0.6 is 15.9 Å². The van der Waals surface area contributed by atoms with Crippen LogP contribution in [-0.4, -0.2) is 30.6 Å². The van der Waals surface area contributed by atoms with E-state index in [1.165, 1.54) is 61.0 Å². The number of hydrogen-bond acceptors (Lipinski definition) is 2. The Bertz CT molecular complexity index is 399. The highest BCUT2D eigenvalue weighted by Crippen LogP contribution is 2.28. The Morgan fingerprint density at radius 2 is 2.12 bits per heavy atom. The molecule has 0 spiro atoms. The first kappa shape index (κ1) is 11.5. The van der Waals surface area contributed by atoms with E-state index in [1.807, 2.05) is 0 Å². The minimum atomic E-state index is 0.641. The number of hydrogen-bond donors (Lipinski definition) is 1. The van der Waals surface area contributed by atoms with Gasteiger partial charge in [-0.25, -0.2) is 0 Å². The van der Waals surface area contributed by atoms with Gasteiger partial charge in [-0.2, -0.15) is 0 Å². The van der Waals surface area contributed by atoms with E-state index in [1.54, 1.807) is 0 Å². The number of fused-ring (bicyclic) bond motifs is 1. The van der Waals surface area contributed by atoms with Crippen LogP contribution in [0.2, 0.25) is 0 Å². The molecule has 0 radical (unpaired) electrons. The fourth-order valence-electron chi connectivity index (χ4n) is 2.95. The lowest BCUT2D eigenvalue weighted by molar-refractivity contribution is 0.314. The molecule has 92 valence electrons. The first-order chi connectivity index (χ1) is 8.31. The van der Waals surface area contributed by atoms with Crippen molar-refractivity contribution in [2.24, 2.45) is 0 Å². The summed E-state index contributed by atoms with van der Waals surface area (Å²) in [5, 5.41) is 3.69. The molecule has 2 heterocycles. The SMILES string of the molecule is Brc1ccc2c(c1)CCC(CN1CCCC1)N2. The Hall–Kier alpha value is -0.540. The number of likely N-dealkylation sites (tertiary alicyclic amines) is 1. The van der Waals surface area contributed by atoms with E-state index in [2.05, 4.69) is 44.3 Å². The van der Waals surface area contributed by atoms with Gasteiger partial charge in [-0.05, 0) is 62.5 Å². The largest absolute Gasteiger partial charge is 0.381 e. The van der Waals surface area contributed by atoms with Crippen molar-refractivity contribution in [1.82, 2.24) is 4.90 Å². The molecule has 2 aliphatic heterocycles. The van der Waals surface area contributed by atoms with Crippen LogP contribution in [0, 0.1) is 0 Å². The number of nitrogens with zero attached hydrogens (tertiary/aromatic N) is 1. The molecule has 2 aliphatic rings. The molecule has 1 aromatic carbocycles. The maximum Gasteiger partial charge on any atom is 0.0391 e. The van der Waals surface area contributed by atoms with Crippen molar-refractivity contribution in [3.8, 4) is 0 Å². The molecule has 1 aromatic rings. The standard InChI is InChI=1S/C14H19BrN2/c15-12-4-6-14-11(9-12)3-5-13(16-14)10-17-7-1-2-8-17/h4,6,9,13,16H,1-3,5,7-8,10H2. The molecule has 0 amide bonds. The average molecular weight is 295 g/mol. The zero-order chi connectivity index (χ0) is 11.7. The van der Waals surface area contributed by atoms with Gasteiger partial charge in [0.1, 0.15) is 0 Å². The van der Waals surface area contributed by atoms with Crippen LogP contribution in [0.15, 0.2) is 22.7 Å². The molecule has 1 saturated heterocycles. The van der Waals surface area contributed by atoms with Crippen LogP contribution < -0.4 is 5.32 Å². The van der Waals surface area contributed by atoms with Gasteiger partial charge in [0.25, 0.3) is 0 Å². The maximum absolute atomic E-state index is 3.69. The molecule has 1 N–H and O–H groups in total. The summed E-state index contributed by atoms with van der Waals surface area (Å²) >= 11 is 3.54. The first-order valence-corrected chi connectivity index (χ1v) is 7.38. The zero-order valence-electron chi connectivity index (χ0n) is 10.1. The van der Waals surface area contributed by atoms with Crippen LogP contribution in [0.25, 0.3) is 0 Å². The van der Waals surface area contributed by atoms with E-state index in [0.717, 1.165) is 0 Å². The fourth-order valence-corrected chi connectivity index (χ4v) is 3.35. The van der Waals surface area contributed by atoms with E-state index in [-0.39, 0.29) is 0 Å². The smallest absolute Gasteiger partial charge is 0.0391 e. The Morgan fingerprint density at radius 1 is 1.29 bits per heavy atom. The molecule has 1 unspecified atom stereocenters. The van der Waals surface area contributed by atoms with E-state index >= 15 is 0 Å². The molecule has 0 aromatic heterocycles. The van der Waals surface area contributed by atoms with Gasteiger partial charge in [0.15, 0.2) is 0 Å². The molecule has 3 heteroatoms. The highest BCUT2D eigenvalue weighted by Gasteiger charge is 2.21. The topological polar surface area (TPSA) is 15.3 Å². The molecule has 0 bridgehead atoms. The van der Waals surface area contributed by atoms with Gasteiger partial charge in [0.2, 0.25) is 0 Å². The van der Waals surface area contributed by atoms with Crippen molar-refractivity contribution in [3.05, 3.63) is 28.2 Å². The highest BCUT2D eigenvalue weighted by molar-refractivity contribution is 9.10. The average Bonchev–Trinajstić information content (AvgIpc) is 2.82.